The smallest absolute Gasteiger partial charge is 0.223 e. The van der Waals surface area contributed by atoms with E-state index in [1.807, 2.05) is 6.92 Å². The number of rotatable bonds is 6. The van der Waals surface area contributed by atoms with Crippen LogP contribution < -0.4 is 5.32 Å². The first-order valence-electron chi connectivity index (χ1n) is 7.00. The van der Waals surface area contributed by atoms with Crippen LogP contribution >= 0.6 is 0 Å². The molecule has 1 aliphatic rings. The molecular formula is C13H24N4O. The molecule has 1 saturated heterocycles. The summed E-state index contributed by atoms with van der Waals surface area (Å²) in [6.45, 7) is 9.46. The molecule has 2 rings (SSSR count). The average Bonchev–Trinajstić information content (AvgIpc) is 2.76. The van der Waals surface area contributed by atoms with E-state index in [0.29, 0.717) is 5.89 Å². The van der Waals surface area contributed by atoms with E-state index in [1.54, 1.807) is 0 Å². The molecule has 1 fully saturated rings. The highest BCUT2D eigenvalue weighted by Gasteiger charge is 2.18. The lowest BCUT2D eigenvalue weighted by molar-refractivity contribution is 0.193. The van der Waals surface area contributed by atoms with Crippen molar-refractivity contribution in [1.82, 2.24) is 20.4 Å². The van der Waals surface area contributed by atoms with Crippen molar-refractivity contribution in [3.8, 4) is 0 Å². The SMILES string of the molecule is CCCN(Cc1noc(C)n1)CC1CCNCC1. The third-order valence-corrected chi connectivity index (χ3v) is 3.45. The number of nitrogens with zero attached hydrogens (tertiary/aromatic N) is 3. The summed E-state index contributed by atoms with van der Waals surface area (Å²) in [6, 6.07) is 0. The summed E-state index contributed by atoms with van der Waals surface area (Å²) in [7, 11) is 0. The summed E-state index contributed by atoms with van der Waals surface area (Å²) in [4.78, 5) is 6.75. The van der Waals surface area contributed by atoms with E-state index in [1.165, 1.54) is 19.3 Å². The van der Waals surface area contributed by atoms with Gasteiger partial charge in [-0.2, -0.15) is 4.98 Å². The van der Waals surface area contributed by atoms with Gasteiger partial charge in [0.2, 0.25) is 5.89 Å². The molecule has 1 N–H and O–H groups in total. The zero-order chi connectivity index (χ0) is 12.8. The number of aromatic nitrogens is 2. The molecule has 0 spiro atoms. The van der Waals surface area contributed by atoms with Crippen LogP contribution in [0.15, 0.2) is 4.52 Å². The van der Waals surface area contributed by atoms with Crippen LogP contribution in [-0.4, -0.2) is 41.2 Å². The lowest BCUT2D eigenvalue weighted by atomic mass is 9.97. The highest BCUT2D eigenvalue weighted by atomic mass is 16.5. The molecule has 1 aliphatic heterocycles. The van der Waals surface area contributed by atoms with Gasteiger partial charge in [0.25, 0.3) is 0 Å². The standard InChI is InChI=1S/C13H24N4O/c1-3-8-17(9-12-4-6-14-7-5-12)10-13-15-11(2)18-16-13/h12,14H,3-10H2,1-2H3. The van der Waals surface area contributed by atoms with Crippen LogP contribution in [0.1, 0.15) is 37.9 Å². The zero-order valence-corrected chi connectivity index (χ0v) is 11.5. The van der Waals surface area contributed by atoms with Crippen LogP contribution in [0.5, 0.6) is 0 Å². The largest absolute Gasteiger partial charge is 0.340 e. The third kappa shape index (κ3) is 4.07. The first-order chi connectivity index (χ1) is 8.78. The first kappa shape index (κ1) is 13.5. The molecule has 5 heteroatoms. The van der Waals surface area contributed by atoms with E-state index in [2.05, 4.69) is 27.3 Å². The Morgan fingerprint density at radius 1 is 1.39 bits per heavy atom. The van der Waals surface area contributed by atoms with Crippen molar-refractivity contribution in [2.24, 2.45) is 5.92 Å². The molecule has 0 unspecified atom stereocenters. The molecule has 102 valence electrons. The third-order valence-electron chi connectivity index (χ3n) is 3.45. The van der Waals surface area contributed by atoms with Gasteiger partial charge in [-0.25, -0.2) is 0 Å². The van der Waals surface area contributed by atoms with Crippen LogP contribution in [0, 0.1) is 12.8 Å². The fourth-order valence-corrected chi connectivity index (χ4v) is 2.59. The van der Waals surface area contributed by atoms with Gasteiger partial charge in [-0.15, -0.1) is 0 Å². The second-order valence-electron chi connectivity index (χ2n) is 5.16. The first-order valence-corrected chi connectivity index (χ1v) is 7.00. The molecule has 0 aliphatic carbocycles. The number of piperidine rings is 1. The van der Waals surface area contributed by atoms with E-state index in [-0.39, 0.29) is 0 Å². The van der Waals surface area contributed by atoms with Gasteiger partial charge >= 0.3 is 0 Å². The van der Waals surface area contributed by atoms with E-state index in [0.717, 1.165) is 44.5 Å². The Labute approximate surface area is 109 Å². The van der Waals surface area contributed by atoms with Gasteiger partial charge in [-0.1, -0.05) is 12.1 Å². The summed E-state index contributed by atoms with van der Waals surface area (Å²) in [5, 5.41) is 7.41. The molecule has 0 atom stereocenters. The van der Waals surface area contributed by atoms with Gasteiger partial charge < -0.3 is 9.84 Å². The van der Waals surface area contributed by atoms with Crippen LogP contribution in [0.4, 0.5) is 0 Å². The van der Waals surface area contributed by atoms with Crippen LogP contribution in [0.3, 0.4) is 0 Å². The maximum absolute atomic E-state index is 5.04. The molecule has 1 aromatic heterocycles. The van der Waals surface area contributed by atoms with Gasteiger partial charge in [0.15, 0.2) is 5.82 Å². The highest BCUT2D eigenvalue weighted by Crippen LogP contribution is 2.15. The van der Waals surface area contributed by atoms with Crippen LogP contribution in [0.2, 0.25) is 0 Å². The van der Waals surface area contributed by atoms with E-state index in [4.69, 9.17) is 4.52 Å². The Bertz CT molecular complexity index is 347. The minimum absolute atomic E-state index is 0.656. The number of hydrogen-bond donors (Lipinski definition) is 1. The van der Waals surface area contributed by atoms with Gasteiger partial charge in [-0.3, -0.25) is 4.90 Å². The van der Waals surface area contributed by atoms with Gasteiger partial charge in [0, 0.05) is 13.5 Å². The van der Waals surface area contributed by atoms with Crippen molar-refractivity contribution in [2.45, 2.75) is 39.7 Å². The molecular weight excluding hydrogens is 228 g/mol. The Kier molecular flexibility index (Phi) is 5.13. The molecule has 0 amide bonds. The van der Waals surface area contributed by atoms with Crippen molar-refractivity contribution in [2.75, 3.05) is 26.2 Å². The molecule has 18 heavy (non-hydrogen) atoms. The summed E-state index contributed by atoms with van der Waals surface area (Å²) in [6.07, 6.45) is 3.73. The minimum atomic E-state index is 0.656. The molecule has 2 heterocycles. The quantitative estimate of drug-likeness (QED) is 0.833. The van der Waals surface area contributed by atoms with E-state index in [9.17, 15) is 0 Å². The highest BCUT2D eigenvalue weighted by molar-refractivity contribution is 4.84. The fraction of sp³-hybridized carbons (Fsp3) is 0.846. The Morgan fingerprint density at radius 2 is 2.17 bits per heavy atom. The van der Waals surface area contributed by atoms with Gasteiger partial charge in [0.05, 0.1) is 6.54 Å². The van der Waals surface area contributed by atoms with Gasteiger partial charge in [0.1, 0.15) is 0 Å². The van der Waals surface area contributed by atoms with E-state index >= 15 is 0 Å². The Morgan fingerprint density at radius 3 is 2.78 bits per heavy atom. The summed E-state index contributed by atoms with van der Waals surface area (Å²) < 4.78 is 5.04. The van der Waals surface area contributed by atoms with Crippen molar-refractivity contribution >= 4 is 0 Å². The average molecular weight is 252 g/mol. The Balaban J connectivity index is 1.86. The normalized spacial score (nSPS) is 17.5. The predicted octanol–water partition coefficient (Wildman–Crippen LogP) is 1.59. The molecule has 1 aromatic rings. The maximum atomic E-state index is 5.04. The lowest BCUT2D eigenvalue weighted by Gasteiger charge is -2.29. The molecule has 0 saturated carbocycles. The molecule has 5 nitrogen and oxygen atoms in total. The Hall–Kier alpha value is -0.940. The molecule has 0 bridgehead atoms. The fourth-order valence-electron chi connectivity index (χ4n) is 2.59. The molecule has 0 aromatic carbocycles. The second-order valence-corrected chi connectivity index (χ2v) is 5.16. The van der Waals surface area contributed by atoms with E-state index < -0.39 is 0 Å². The summed E-state index contributed by atoms with van der Waals surface area (Å²) in [5.41, 5.74) is 0. The lowest BCUT2D eigenvalue weighted by Crippen LogP contribution is -2.36. The minimum Gasteiger partial charge on any atom is -0.340 e. The van der Waals surface area contributed by atoms with Crippen LogP contribution in [0.25, 0.3) is 0 Å². The van der Waals surface area contributed by atoms with Crippen molar-refractivity contribution in [3.05, 3.63) is 11.7 Å². The molecule has 0 radical (unpaired) electrons. The second kappa shape index (κ2) is 6.85. The van der Waals surface area contributed by atoms with Gasteiger partial charge in [-0.05, 0) is 44.8 Å². The van der Waals surface area contributed by atoms with Crippen molar-refractivity contribution in [3.63, 3.8) is 0 Å². The number of aryl methyl sites for hydroxylation is 1. The predicted molar refractivity (Wildman–Crippen MR) is 70.2 cm³/mol. The summed E-state index contributed by atoms with van der Waals surface area (Å²) >= 11 is 0. The summed E-state index contributed by atoms with van der Waals surface area (Å²) in [5.74, 6) is 2.28. The zero-order valence-electron chi connectivity index (χ0n) is 11.5. The number of hydrogen-bond acceptors (Lipinski definition) is 5. The van der Waals surface area contributed by atoms with Crippen molar-refractivity contribution in [1.29, 1.82) is 0 Å². The number of nitrogens with one attached hydrogen (secondary N) is 1. The monoisotopic (exact) mass is 252 g/mol. The van der Waals surface area contributed by atoms with Crippen LogP contribution in [-0.2, 0) is 6.54 Å². The topological polar surface area (TPSA) is 54.2 Å². The maximum Gasteiger partial charge on any atom is 0.223 e. The van der Waals surface area contributed by atoms with Crippen molar-refractivity contribution < 1.29 is 4.52 Å².